The SMILES string of the molecule is CCn1ccnc1COCC1CCCNC1. The first-order chi connectivity index (χ1) is 7.90. The van der Waals surface area contributed by atoms with Crippen molar-refractivity contribution in [1.82, 2.24) is 14.9 Å². The van der Waals surface area contributed by atoms with Crippen molar-refractivity contribution >= 4 is 0 Å². The van der Waals surface area contributed by atoms with E-state index in [1.807, 2.05) is 12.4 Å². The summed E-state index contributed by atoms with van der Waals surface area (Å²) in [5.41, 5.74) is 0. The highest BCUT2D eigenvalue weighted by molar-refractivity contribution is 4.90. The van der Waals surface area contributed by atoms with Crippen molar-refractivity contribution in [3.8, 4) is 0 Å². The van der Waals surface area contributed by atoms with Gasteiger partial charge in [-0.3, -0.25) is 0 Å². The normalized spacial score (nSPS) is 21.2. The fourth-order valence-corrected chi connectivity index (χ4v) is 2.15. The molecule has 4 heteroatoms. The largest absolute Gasteiger partial charge is 0.373 e. The molecule has 1 aliphatic heterocycles. The van der Waals surface area contributed by atoms with E-state index >= 15 is 0 Å². The van der Waals surface area contributed by atoms with Gasteiger partial charge < -0.3 is 14.6 Å². The van der Waals surface area contributed by atoms with Gasteiger partial charge >= 0.3 is 0 Å². The molecule has 0 aromatic carbocycles. The monoisotopic (exact) mass is 223 g/mol. The van der Waals surface area contributed by atoms with E-state index in [0.717, 1.165) is 32.1 Å². The first-order valence-corrected chi connectivity index (χ1v) is 6.18. The fraction of sp³-hybridized carbons (Fsp3) is 0.750. The van der Waals surface area contributed by atoms with Crippen LogP contribution < -0.4 is 5.32 Å². The molecule has 1 saturated heterocycles. The third-order valence-corrected chi connectivity index (χ3v) is 3.13. The molecule has 1 aliphatic rings. The Labute approximate surface area is 97.0 Å². The first kappa shape index (κ1) is 11.6. The van der Waals surface area contributed by atoms with E-state index in [4.69, 9.17) is 4.74 Å². The second-order valence-electron chi connectivity index (χ2n) is 4.36. The molecule has 1 unspecified atom stereocenters. The van der Waals surface area contributed by atoms with Gasteiger partial charge in [-0.25, -0.2) is 4.98 Å². The highest BCUT2D eigenvalue weighted by Gasteiger charge is 2.13. The molecule has 1 aromatic rings. The molecular weight excluding hydrogens is 202 g/mol. The Morgan fingerprint density at radius 1 is 1.62 bits per heavy atom. The second kappa shape index (κ2) is 6.01. The quantitative estimate of drug-likeness (QED) is 0.820. The number of nitrogens with one attached hydrogen (secondary N) is 1. The summed E-state index contributed by atoms with van der Waals surface area (Å²) >= 11 is 0. The molecule has 2 heterocycles. The predicted molar refractivity (Wildman–Crippen MR) is 63.2 cm³/mol. The molecule has 1 atom stereocenters. The molecule has 0 radical (unpaired) electrons. The summed E-state index contributed by atoms with van der Waals surface area (Å²) < 4.78 is 7.86. The maximum absolute atomic E-state index is 5.74. The van der Waals surface area contributed by atoms with E-state index in [1.165, 1.54) is 12.8 Å². The minimum Gasteiger partial charge on any atom is -0.373 e. The second-order valence-corrected chi connectivity index (χ2v) is 4.36. The van der Waals surface area contributed by atoms with E-state index in [-0.39, 0.29) is 0 Å². The average molecular weight is 223 g/mol. The summed E-state index contributed by atoms with van der Waals surface area (Å²) in [5, 5.41) is 3.40. The maximum Gasteiger partial charge on any atom is 0.134 e. The lowest BCUT2D eigenvalue weighted by Gasteiger charge is -2.22. The Balaban J connectivity index is 1.71. The van der Waals surface area contributed by atoms with Crippen LogP contribution in [-0.4, -0.2) is 29.2 Å². The Kier molecular flexibility index (Phi) is 4.36. The standard InChI is InChI=1S/C12H21N3O/c1-2-15-7-6-14-12(15)10-16-9-11-4-3-5-13-8-11/h6-7,11,13H,2-5,8-10H2,1H3. The Morgan fingerprint density at radius 2 is 2.56 bits per heavy atom. The van der Waals surface area contributed by atoms with Crippen molar-refractivity contribution in [3.63, 3.8) is 0 Å². The molecule has 0 amide bonds. The zero-order valence-electron chi connectivity index (χ0n) is 9.98. The van der Waals surface area contributed by atoms with E-state index < -0.39 is 0 Å². The minimum absolute atomic E-state index is 0.636. The molecule has 0 aliphatic carbocycles. The van der Waals surface area contributed by atoms with Gasteiger partial charge in [-0.1, -0.05) is 0 Å². The van der Waals surface area contributed by atoms with Crippen molar-refractivity contribution in [2.45, 2.75) is 32.9 Å². The lowest BCUT2D eigenvalue weighted by atomic mass is 10.0. The van der Waals surface area contributed by atoms with Crippen molar-refractivity contribution in [2.24, 2.45) is 5.92 Å². The van der Waals surface area contributed by atoms with Gasteiger partial charge in [-0.15, -0.1) is 0 Å². The highest BCUT2D eigenvalue weighted by atomic mass is 16.5. The van der Waals surface area contributed by atoms with Crippen molar-refractivity contribution in [2.75, 3.05) is 19.7 Å². The third kappa shape index (κ3) is 3.06. The summed E-state index contributed by atoms with van der Waals surface area (Å²) in [6.07, 6.45) is 6.40. The van der Waals surface area contributed by atoms with Crippen LogP contribution in [0.5, 0.6) is 0 Å². The zero-order valence-corrected chi connectivity index (χ0v) is 9.98. The number of nitrogens with zero attached hydrogens (tertiary/aromatic N) is 2. The fourth-order valence-electron chi connectivity index (χ4n) is 2.15. The first-order valence-electron chi connectivity index (χ1n) is 6.18. The van der Waals surface area contributed by atoms with Gasteiger partial charge in [0.25, 0.3) is 0 Å². The van der Waals surface area contributed by atoms with Crippen LogP contribution in [0.3, 0.4) is 0 Å². The molecule has 16 heavy (non-hydrogen) atoms. The lowest BCUT2D eigenvalue weighted by molar-refractivity contribution is 0.0725. The molecule has 90 valence electrons. The van der Waals surface area contributed by atoms with Gasteiger partial charge in [0.15, 0.2) is 0 Å². The van der Waals surface area contributed by atoms with Gasteiger partial charge in [0.1, 0.15) is 12.4 Å². The number of aromatic nitrogens is 2. The number of hydrogen-bond acceptors (Lipinski definition) is 3. The summed E-state index contributed by atoms with van der Waals surface area (Å²) in [4.78, 5) is 4.29. The summed E-state index contributed by atoms with van der Waals surface area (Å²) in [5.74, 6) is 1.71. The number of piperidine rings is 1. The lowest BCUT2D eigenvalue weighted by Crippen LogP contribution is -2.32. The molecule has 0 spiro atoms. The van der Waals surface area contributed by atoms with Crippen LogP contribution in [0.25, 0.3) is 0 Å². The van der Waals surface area contributed by atoms with Crippen molar-refractivity contribution in [1.29, 1.82) is 0 Å². The zero-order chi connectivity index (χ0) is 11.2. The van der Waals surface area contributed by atoms with Crippen LogP contribution in [0.15, 0.2) is 12.4 Å². The number of imidazole rings is 1. The van der Waals surface area contributed by atoms with Crippen LogP contribution in [-0.2, 0) is 17.9 Å². The molecule has 1 fully saturated rings. The van der Waals surface area contributed by atoms with E-state index in [9.17, 15) is 0 Å². The molecule has 1 aromatic heterocycles. The Morgan fingerprint density at radius 3 is 3.31 bits per heavy atom. The number of rotatable bonds is 5. The van der Waals surface area contributed by atoms with E-state index in [1.54, 1.807) is 0 Å². The van der Waals surface area contributed by atoms with E-state index in [2.05, 4.69) is 21.8 Å². The van der Waals surface area contributed by atoms with Gasteiger partial charge in [-0.05, 0) is 32.2 Å². The average Bonchev–Trinajstić information content (AvgIpc) is 2.78. The predicted octanol–water partition coefficient (Wildman–Crippen LogP) is 1.42. The van der Waals surface area contributed by atoms with Crippen LogP contribution >= 0.6 is 0 Å². The topological polar surface area (TPSA) is 39.1 Å². The van der Waals surface area contributed by atoms with E-state index in [0.29, 0.717) is 12.5 Å². The molecule has 0 saturated carbocycles. The van der Waals surface area contributed by atoms with Gasteiger partial charge in [0.2, 0.25) is 0 Å². The molecular formula is C12H21N3O. The molecule has 1 N–H and O–H groups in total. The van der Waals surface area contributed by atoms with Gasteiger partial charge in [0.05, 0.1) is 6.61 Å². The van der Waals surface area contributed by atoms with Crippen LogP contribution in [0.4, 0.5) is 0 Å². The Hall–Kier alpha value is -0.870. The van der Waals surface area contributed by atoms with Crippen molar-refractivity contribution in [3.05, 3.63) is 18.2 Å². The summed E-state index contributed by atoms with van der Waals surface area (Å²) in [7, 11) is 0. The summed E-state index contributed by atoms with van der Waals surface area (Å²) in [6.45, 7) is 6.83. The number of hydrogen-bond donors (Lipinski definition) is 1. The molecule has 4 nitrogen and oxygen atoms in total. The van der Waals surface area contributed by atoms with Crippen LogP contribution in [0, 0.1) is 5.92 Å². The number of ether oxygens (including phenoxy) is 1. The summed E-state index contributed by atoms with van der Waals surface area (Å²) in [6, 6.07) is 0. The molecule has 2 rings (SSSR count). The van der Waals surface area contributed by atoms with Gasteiger partial charge in [0, 0.05) is 25.5 Å². The maximum atomic E-state index is 5.74. The van der Waals surface area contributed by atoms with Crippen molar-refractivity contribution < 1.29 is 4.74 Å². The van der Waals surface area contributed by atoms with Gasteiger partial charge in [-0.2, -0.15) is 0 Å². The van der Waals surface area contributed by atoms with Crippen LogP contribution in [0.2, 0.25) is 0 Å². The number of aryl methyl sites for hydroxylation is 1. The Bertz CT molecular complexity index is 305. The van der Waals surface area contributed by atoms with Crippen LogP contribution in [0.1, 0.15) is 25.6 Å². The smallest absolute Gasteiger partial charge is 0.134 e. The molecule has 0 bridgehead atoms. The third-order valence-electron chi connectivity index (χ3n) is 3.13. The minimum atomic E-state index is 0.636. The highest BCUT2D eigenvalue weighted by Crippen LogP contribution is 2.11.